The molecule has 2 rings (SSSR count). The first-order chi connectivity index (χ1) is 9.11. The van der Waals surface area contributed by atoms with Crippen LogP contribution in [0.5, 0.6) is 5.75 Å². The quantitative estimate of drug-likeness (QED) is 0.747. The zero-order chi connectivity index (χ0) is 13.8. The van der Waals surface area contributed by atoms with E-state index in [4.69, 9.17) is 4.74 Å². The summed E-state index contributed by atoms with van der Waals surface area (Å²) in [5.41, 5.74) is 2.95. The summed E-state index contributed by atoms with van der Waals surface area (Å²) in [5.74, 6) is 1.77. The predicted octanol–water partition coefficient (Wildman–Crippen LogP) is 4.47. The number of aryl methyl sites for hydroxylation is 2. The van der Waals surface area contributed by atoms with Crippen LogP contribution in [0.3, 0.4) is 0 Å². The Balaban J connectivity index is 2.12. The molecule has 2 nitrogen and oxygen atoms in total. The van der Waals surface area contributed by atoms with Crippen LogP contribution in [-0.2, 0) is 0 Å². The van der Waals surface area contributed by atoms with Gasteiger partial charge in [-0.05, 0) is 43.0 Å². The van der Waals surface area contributed by atoms with Crippen molar-refractivity contribution in [2.45, 2.75) is 52.4 Å². The number of hydrogen-bond donors (Lipinski definition) is 0. The van der Waals surface area contributed by atoms with E-state index in [0.29, 0.717) is 18.1 Å². The minimum Gasteiger partial charge on any atom is -0.496 e. The smallest absolute Gasteiger partial charge is 0.163 e. The third-order valence-electron chi connectivity index (χ3n) is 4.24. The summed E-state index contributed by atoms with van der Waals surface area (Å²) in [6.07, 6.45) is 7.08. The highest BCUT2D eigenvalue weighted by atomic mass is 16.5. The molecule has 0 radical (unpaired) electrons. The average molecular weight is 260 g/mol. The Kier molecular flexibility index (Phi) is 4.62. The normalized spacial score (nSPS) is 16.4. The maximum Gasteiger partial charge on any atom is 0.163 e. The van der Waals surface area contributed by atoms with E-state index in [9.17, 15) is 4.79 Å². The maximum absolute atomic E-state index is 12.4. The summed E-state index contributed by atoms with van der Waals surface area (Å²) in [7, 11) is 1.67. The van der Waals surface area contributed by atoms with E-state index in [1.54, 1.807) is 7.11 Å². The highest BCUT2D eigenvalue weighted by Gasteiger charge is 2.19. The molecule has 0 saturated heterocycles. The molecule has 0 aliphatic heterocycles. The van der Waals surface area contributed by atoms with Crippen LogP contribution in [0.2, 0.25) is 0 Å². The molecule has 0 N–H and O–H groups in total. The molecule has 1 aliphatic carbocycles. The molecular weight excluding hydrogens is 236 g/mol. The summed E-state index contributed by atoms with van der Waals surface area (Å²) in [6, 6.07) is 3.96. The van der Waals surface area contributed by atoms with Crippen LogP contribution in [-0.4, -0.2) is 12.9 Å². The highest BCUT2D eigenvalue weighted by Crippen LogP contribution is 2.29. The number of rotatable bonds is 4. The molecule has 1 aliphatic rings. The van der Waals surface area contributed by atoms with Crippen molar-refractivity contribution >= 4 is 5.78 Å². The summed E-state index contributed by atoms with van der Waals surface area (Å²) < 4.78 is 5.30. The molecule has 1 saturated carbocycles. The summed E-state index contributed by atoms with van der Waals surface area (Å²) >= 11 is 0. The molecule has 0 heterocycles. The van der Waals surface area contributed by atoms with Gasteiger partial charge in [-0.1, -0.05) is 32.1 Å². The molecule has 0 atom stereocenters. The number of methoxy groups -OCH3 is 1. The van der Waals surface area contributed by atoms with Crippen LogP contribution in [0.4, 0.5) is 0 Å². The Labute approximate surface area is 116 Å². The Morgan fingerprint density at radius 1 is 1.16 bits per heavy atom. The van der Waals surface area contributed by atoms with Crippen LogP contribution < -0.4 is 4.74 Å². The van der Waals surface area contributed by atoms with Crippen molar-refractivity contribution in [3.05, 3.63) is 28.8 Å². The SMILES string of the molecule is COc1cc(C)c(C(=O)CC2CCCCC2)cc1C. The average Bonchev–Trinajstić information content (AvgIpc) is 2.42. The fourth-order valence-corrected chi connectivity index (χ4v) is 3.07. The molecule has 0 amide bonds. The first-order valence-corrected chi connectivity index (χ1v) is 7.30. The molecule has 0 spiro atoms. The van der Waals surface area contributed by atoms with Gasteiger partial charge in [0.1, 0.15) is 5.75 Å². The Bertz CT molecular complexity index is 457. The van der Waals surface area contributed by atoms with Crippen molar-refractivity contribution in [3.63, 3.8) is 0 Å². The van der Waals surface area contributed by atoms with E-state index >= 15 is 0 Å². The summed E-state index contributed by atoms with van der Waals surface area (Å²) in [5, 5.41) is 0. The second-order valence-corrected chi connectivity index (χ2v) is 5.77. The third-order valence-corrected chi connectivity index (χ3v) is 4.24. The van der Waals surface area contributed by atoms with E-state index in [0.717, 1.165) is 22.4 Å². The van der Waals surface area contributed by atoms with Gasteiger partial charge in [-0.2, -0.15) is 0 Å². The molecule has 0 unspecified atom stereocenters. The van der Waals surface area contributed by atoms with E-state index in [1.807, 2.05) is 26.0 Å². The molecular formula is C17H24O2. The van der Waals surface area contributed by atoms with Crippen molar-refractivity contribution in [2.24, 2.45) is 5.92 Å². The lowest BCUT2D eigenvalue weighted by molar-refractivity contribution is 0.0949. The Morgan fingerprint density at radius 3 is 2.47 bits per heavy atom. The van der Waals surface area contributed by atoms with Crippen LogP contribution in [0.15, 0.2) is 12.1 Å². The molecule has 104 valence electrons. The highest BCUT2D eigenvalue weighted by molar-refractivity contribution is 5.98. The number of ether oxygens (including phenoxy) is 1. The van der Waals surface area contributed by atoms with E-state index in [2.05, 4.69) is 0 Å². The minimum atomic E-state index is 0.301. The van der Waals surface area contributed by atoms with Gasteiger partial charge in [0, 0.05) is 12.0 Å². The van der Waals surface area contributed by atoms with Crippen molar-refractivity contribution in [1.82, 2.24) is 0 Å². The predicted molar refractivity (Wildman–Crippen MR) is 78.0 cm³/mol. The van der Waals surface area contributed by atoms with E-state index < -0.39 is 0 Å². The van der Waals surface area contributed by atoms with Crippen molar-refractivity contribution < 1.29 is 9.53 Å². The Hall–Kier alpha value is -1.31. The lowest BCUT2D eigenvalue weighted by Gasteiger charge is -2.21. The molecule has 2 heteroatoms. The molecule has 1 fully saturated rings. The maximum atomic E-state index is 12.4. The van der Waals surface area contributed by atoms with Crippen molar-refractivity contribution in [1.29, 1.82) is 0 Å². The van der Waals surface area contributed by atoms with Crippen molar-refractivity contribution in [3.8, 4) is 5.75 Å². The molecule has 1 aromatic carbocycles. The fourth-order valence-electron chi connectivity index (χ4n) is 3.07. The summed E-state index contributed by atoms with van der Waals surface area (Å²) in [4.78, 5) is 12.4. The first kappa shape index (κ1) is 14.1. The van der Waals surface area contributed by atoms with Gasteiger partial charge >= 0.3 is 0 Å². The zero-order valence-electron chi connectivity index (χ0n) is 12.3. The molecule has 19 heavy (non-hydrogen) atoms. The van der Waals surface area contributed by atoms with Crippen LogP contribution in [0.1, 0.15) is 60.0 Å². The Morgan fingerprint density at radius 2 is 1.84 bits per heavy atom. The largest absolute Gasteiger partial charge is 0.496 e. The van der Waals surface area contributed by atoms with Gasteiger partial charge < -0.3 is 4.74 Å². The van der Waals surface area contributed by atoms with Crippen LogP contribution in [0.25, 0.3) is 0 Å². The number of carbonyl (C=O) groups is 1. The topological polar surface area (TPSA) is 26.3 Å². The second kappa shape index (κ2) is 6.23. The monoisotopic (exact) mass is 260 g/mol. The van der Waals surface area contributed by atoms with E-state index in [-0.39, 0.29) is 0 Å². The minimum absolute atomic E-state index is 0.301. The first-order valence-electron chi connectivity index (χ1n) is 7.30. The lowest BCUT2D eigenvalue weighted by atomic mass is 9.84. The second-order valence-electron chi connectivity index (χ2n) is 5.77. The summed E-state index contributed by atoms with van der Waals surface area (Å²) in [6.45, 7) is 3.99. The van der Waals surface area contributed by atoms with Crippen LogP contribution in [0, 0.1) is 19.8 Å². The van der Waals surface area contributed by atoms with Gasteiger partial charge in [0.2, 0.25) is 0 Å². The standard InChI is InChI=1S/C17H24O2/c1-12-10-17(19-3)13(2)9-15(12)16(18)11-14-7-5-4-6-8-14/h9-10,14H,4-8,11H2,1-3H3. The number of Topliss-reactive ketones (excluding diaryl/α,β-unsaturated/α-hetero) is 1. The molecule has 0 aromatic heterocycles. The number of hydrogen-bond acceptors (Lipinski definition) is 2. The van der Waals surface area contributed by atoms with Crippen molar-refractivity contribution in [2.75, 3.05) is 7.11 Å². The van der Waals surface area contributed by atoms with Gasteiger partial charge in [0.05, 0.1) is 7.11 Å². The zero-order valence-corrected chi connectivity index (χ0v) is 12.3. The van der Waals surface area contributed by atoms with Gasteiger partial charge in [-0.3, -0.25) is 4.79 Å². The van der Waals surface area contributed by atoms with Gasteiger partial charge in [-0.25, -0.2) is 0 Å². The molecule has 0 bridgehead atoms. The van der Waals surface area contributed by atoms with Gasteiger partial charge in [0.15, 0.2) is 5.78 Å². The van der Waals surface area contributed by atoms with Gasteiger partial charge in [0.25, 0.3) is 0 Å². The lowest BCUT2D eigenvalue weighted by Crippen LogP contribution is -2.13. The number of ketones is 1. The van der Waals surface area contributed by atoms with Gasteiger partial charge in [-0.15, -0.1) is 0 Å². The van der Waals surface area contributed by atoms with E-state index in [1.165, 1.54) is 32.1 Å². The number of carbonyl (C=O) groups excluding carboxylic acids is 1. The number of benzene rings is 1. The third kappa shape index (κ3) is 3.37. The molecule has 1 aromatic rings. The fraction of sp³-hybridized carbons (Fsp3) is 0.588. The van der Waals surface area contributed by atoms with Crippen LogP contribution >= 0.6 is 0 Å².